The standard InChI is InChI=1S/C13H22BrNO/c1-10-5-4-7-12(10)13(16)15-8-3-2-6-11(15)9-14/h10-12H,2-9H2,1H3. The van der Waals surface area contributed by atoms with Crippen molar-refractivity contribution in [3.8, 4) is 0 Å². The van der Waals surface area contributed by atoms with Gasteiger partial charge in [0, 0.05) is 23.8 Å². The first-order chi connectivity index (χ1) is 7.74. The molecule has 0 aromatic carbocycles. The maximum absolute atomic E-state index is 12.5. The molecule has 2 fully saturated rings. The Kier molecular flexibility index (Phi) is 4.28. The Hall–Kier alpha value is -0.0500. The van der Waals surface area contributed by atoms with Crippen molar-refractivity contribution >= 4 is 21.8 Å². The Balaban J connectivity index is 2.01. The van der Waals surface area contributed by atoms with E-state index in [4.69, 9.17) is 0 Å². The molecule has 0 bridgehead atoms. The van der Waals surface area contributed by atoms with Gasteiger partial charge < -0.3 is 4.90 Å². The molecule has 0 radical (unpaired) electrons. The van der Waals surface area contributed by atoms with Crippen molar-refractivity contribution in [2.24, 2.45) is 11.8 Å². The number of likely N-dealkylation sites (tertiary alicyclic amines) is 1. The number of carbonyl (C=O) groups is 1. The zero-order valence-electron chi connectivity index (χ0n) is 10.1. The highest BCUT2D eigenvalue weighted by molar-refractivity contribution is 9.09. The highest BCUT2D eigenvalue weighted by Crippen LogP contribution is 2.34. The first-order valence-corrected chi connectivity index (χ1v) is 7.72. The summed E-state index contributed by atoms with van der Waals surface area (Å²) in [5.74, 6) is 1.36. The Morgan fingerprint density at radius 1 is 1.25 bits per heavy atom. The van der Waals surface area contributed by atoms with Crippen LogP contribution in [-0.4, -0.2) is 28.7 Å². The summed E-state index contributed by atoms with van der Waals surface area (Å²) in [6.45, 7) is 3.22. The van der Waals surface area contributed by atoms with Crippen molar-refractivity contribution in [3.63, 3.8) is 0 Å². The van der Waals surface area contributed by atoms with Gasteiger partial charge in [0.05, 0.1) is 0 Å². The van der Waals surface area contributed by atoms with Crippen LogP contribution in [0.4, 0.5) is 0 Å². The second-order valence-electron chi connectivity index (χ2n) is 5.35. The number of halogens is 1. The van der Waals surface area contributed by atoms with Crippen molar-refractivity contribution in [3.05, 3.63) is 0 Å². The summed E-state index contributed by atoms with van der Waals surface area (Å²) in [6.07, 6.45) is 7.24. The van der Waals surface area contributed by atoms with Crippen LogP contribution in [0.2, 0.25) is 0 Å². The average Bonchev–Trinajstić information content (AvgIpc) is 2.74. The third-order valence-corrected chi connectivity index (χ3v) is 5.01. The number of alkyl halides is 1. The lowest BCUT2D eigenvalue weighted by molar-refractivity contribution is -0.139. The molecular formula is C13H22BrNO. The summed E-state index contributed by atoms with van der Waals surface area (Å²) < 4.78 is 0. The molecule has 1 aliphatic carbocycles. The lowest BCUT2D eigenvalue weighted by Crippen LogP contribution is -2.47. The van der Waals surface area contributed by atoms with Crippen LogP contribution < -0.4 is 0 Å². The van der Waals surface area contributed by atoms with Crippen LogP contribution in [0, 0.1) is 11.8 Å². The van der Waals surface area contributed by atoms with Gasteiger partial charge >= 0.3 is 0 Å². The van der Waals surface area contributed by atoms with E-state index in [0.29, 0.717) is 23.8 Å². The minimum atomic E-state index is 0.319. The minimum Gasteiger partial charge on any atom is -0.339 e. The Morgan fingerprint density at radius 2 is 2.06 bits per heavy atom. The smallest absolute Gasteiger partial charge is 0.226 e. The van der Waals surface area contributed by atoms with Gasteiger partial charge in [0.2, 0.25) is 5.91 Å². The largest absolute Gasteiger partial charge is 0.339 e. The topological polar surface area (TPSA) is 20.3 Å². The predicted molar refractivity (Wildman–Crippen MR) is 69.7 cm³/mol. The number of hydrogen-bond donors (Lipinski definition) is 0. The van der Waals surface area contributed by atoms with Gasteiger partial charge in [-0.3, -0.25) is 4.79 Å². The molecule has 1 heterocycles. The third-order valence-electron chi connectivity index (χ3n) is 4.27. The third kappa shape index (κ3) is 2.44. The van der Waals surface area contributed by atoms with Crippen LogP contribution in [0.3, 0.4) is 0 Å². The molecule has 92 valence electrons. The zero-order chi connectivity index (χ0) is 11.5. The summed E-state index contributed by atoms with van der Waals surface area (Å²) in [7, 11) is 0. The van der Waals surface area contributed by atoms with Gasteiger partial charge in [-0.05, 0) is 38.0 Å². The lowest BCUT2D eigenvalue weighted by atomic mass is 9.94. The number of carbonyl (C=O) groups excluding carboxylic acids is 1. The van der Waals surface area contributed by atoms with E-state index in [0.717, 1.165) is 18.3 Å². The zero-order valence-corrected chi connectivity index (χ0v) is 11.7. The maximum atomic E-state index is 12.5. The Bertz CT molecular complexity index is 256. The Morgan fingerprint density at radius 3 is 2.69 bits per heavy atom. The van der Waals surface area contributed by atoms with E-state index >= 15 is 0 Å². The second kappa shape index (κ2) is 5.52. The van der Waals surface area contributed by atoms with Crippen LogP contribution in [0.1, 0.15) is 45.4 Å². The molecule has 3 atom stereocenters. The first kappa shape index (κ1) is 12.4. The number of piperidine rings is 1. The number of rotatable bonds is 2. The van der Waals surface area contributed by atoms with Crippen molar-refractivity contribution in [2.75, 3.05) is 11.9 Å². The fourth-order valence-corrected chi connectivity index (χ4v) is 3.85. The van der Waals surface area contributed by atoms with Crippen LogP contribution in [0.5, 0.6) is 0 Å². The molecule has 0 aromatic heterocycles. The van der Waals surface area contributed by atoms with E-state index in [2.05, 4.69) is 27.8 Å². The van der Waals surface area contributed by atoms with Gasteiger partial charge in [-0.2, -0.15) is 0 Å². The quantitative estimate of drug-likeness (QED) is 0.715. The minimum absolute atomic E-state index is 0.319. The number of hydrogen-bond acceptors (Lipinski definition) is 1. The monoisotopic (exact) mass is 287 g/mol. The summed E-state index contributed by atoms with van der Waals surface area (Å²) in [4.78, 5) is 14.6. The molecule has 1 saturated carbocycles. The molecule has 1 aliphatic heterocycles. The molecule has 2 rings (SSSR count). The van der Waals surface area contributed by atoms with E-state index in [1.165, 1.54) is 32.1 Å². The molecular weight excluding hydrogens is 266 g/mol. The van der Waals surface area contributed by atoms with E-state index < -0.39 is 0 Å². The highest BCUT2D eigenvalue weighted by atomic mass is 79.9. The number of nitrogens with zero attached hydrogens (tertiary/aromatic N) is 1. The second-order valence-corrected chi connectivity index (χ2v) is 6.00. The van der Waals surface area contributed by atoms with Crippen molar-refractivity contribution < 1.29 is 4.79 Å². The van der Waals surface area contributed by atoms with Crippen molar-refractivity contribution in [2.45, 2.75) is 51.5 Å². The van der Waals surface area contributed by atoms with E-state index in [1.54, 1.807) is 0 Å². The van der Waals surface area contributed by atoms with E-state index in [1.807, 2.05) is 0 Å². The molecule has 16 heavy (non-hydrogen) atoms. The Labute approximate surface area is 107 Å². The van der Waals surface area contributed by atoms with E-state index in [-0.39, 0.29) is 0 Å². The molecule has 1 amide bonds. The van der Waals surface area contributed by atoms with Gasteiger partial charge in [-0.1, -0.05) is 29.3 Å². The molecule has 2 aliphatic rings. The van der Waals surface area contributed by atoms with Gasteiger partial charge in [0.15, 0.2) is 0 Å². The van der Waals surface area contributed by atoms with E-state index in [9.17, 15) is 4.79 Å². The molecule has 3 unspecified atom stereocenters. The van der Waals surface area contributed by atoms with Crippen LogP contribution in [0.15, 0.2) is 0 Å². The SMILES string of the molecule is CC1CCCC1C(=O)N1CCCCC1CBr. The van der Waals surface area contributed by atoms with Gasteiger partial charge in [0.1, 0.15) is 0 Å². The molecule has 0 aromatic rings. The lowest BCUT2D eigenvalue weighted by Gasteiger charge is -2.37. The fraction of sp³-hybridized carbons (Fsp3) is 0.923. The summed E-state index contributed by atoms with van der Waals surface area (Å²) in [6, 6.07) is 0.453. The van der Waals surface area contributed by atoms with Gasteiger partial charge in [-0.15, -0.1) is 0 Å². The molecule has 0 spiro atoms. The summed E-state index contributed by atoms with van der Waals surface area (Å²) in [5.41, 5.74) is 0. The molecule has 1 saturated heterocycles. The highest BCUT2D eigenvalue weighted by Gasteiger charge is 2.35. The summed E-state index contributed by atoms with van der Waals surface area (Å²) in [5, 5.41) is 0.944. The van der Waals surface area contributed by atoms with Crippen molar-refractivity contribution in [1.82, 2.24) is 4.90 Å². The van der Waals surface area contributed by atoms with Gasteiger partial charge in [0.25, 0.3) is 0 Å². The molecule has 3 heteroatoms. The normalized spacial score (nSPS) is 35.4. The van der Waals surface area contributed by atoms with Crippen LogP contribution in [-0.2, 0) is 4.79 Å². The maximum Gasteiger partial charge on any atom is 0.226 e. The van der Waals surface area contributed by atoms with Crippen LogP contribution >= 0.6 is 15.9 Å². The van der Waals surface area contributed by atoms with Crippen molar-refractivity contribution in [1.29, 1.82) is 0 Å². The summed E-state index contributed by atoms with van der Waals surface area (Å²) >= 11 is 3.55. The van der Waals surface area contributed by atoms with Gasteiger partial charge in [-0.25, -0.2) is 0 Å². The number of amides is 1. The van der Waals surface area contributed by atoms with Crippen LogP contribution in [0.25, 0.3) is 0 Å². The fourth-order valence-electron chi connectivity index (χ4n) is 3.18. The predicted octanol–water partition coefficient (Wildman–Crippen LogP) is 3.20. The average molecular weight is 288 g/mol. The molecule has 0 N–H and O–H groups in total. The first-order valence-electron chi connectivity index (χ1n) is 6.60. The molecule has 2 nitrogen and oxygen atoms in total.